The van der Waals surface area contributed by atoms with Gasteiger partial charge in [-0.05, 0) is 36.4 Å². The van der Waals surface area contributed by atoms with Crippen molar-refractivity contribution >= 4 is 28.7 Å². The van der Waals surface area contributed by atoms with Crippen LogP contribution in [0.5, 0.6) is 0 Å². The van der Waals surface area contributed by atoms with E-state index in [2.05, 4.69) is 14.5 Å². The molecule has 0 aliphatic carbocycles. The maximum Gasteiger partial charge on any atom is 0.248 e. The molecule has 3 heterocycles. The largest absolute Gasteiger partial charge is 0.366 e. The van der Waals surface area contributed by atoms with E-state index in [4.69, 9.17) is 11.0 Å². The molecule has 2 N–H and O–H groups in total. The lowest BCUT2D eigenvalue weighted by atomic mass is 10.1. The number of nitrogens with zero attached hydrogens (tertiary/aromatic N) is 6. The minimum Gasteiger partial charge on any atom is -0.366 e. The van der Waals surface area contributed by atoms with E-state index in [0.717, 1.165) is 36.7 Å². The van der Waals surface area contributed by atoms with Crippen LogP contribution in [-0.4, -0.2) is 57.4 Å². The maximum absolute atomic E-state index is 12.6. The Morgan fingerprint density at radius 1 is 1.03 bits per heavy atom. The SMILES string of the molecule is N#Cc1cnc(N2CCN(C(=O)CCCCCn3ccc4ccc(C(N)=O)cc43)CC2)nc1. The number of anilines is 1. The molecule has 1 aliphatic heterocycles. The molecule has 4 rings (SSSR count). The van der Waals surface area contributed by atoms with Crippen LogP contribution in [0, 0.1) is 11.3 Å². The second-order valence-corrected chi connectivity index (χ2v) is 8.21. The Labute approximate surface area is 192 Å². The summed E-state index contributed by atoms with van der Waals surface area (Å²) in [5.41, 5.74) is 7.35. The summed E-state index contributed by atoms with van der Waals surface area (Å²) in [6.45, 7) is 3.51. The number of aromatic nitrogens is 3. The monoisotopic (exact) mass is 445 g/mol. The second-order valence-electron chi connectivity index (χ2n) is 8.21. The molecule has 1 aliphatic rings. The van der Waals surface area contributed by atoms with Crippen molar-refractivity contribution < 1.29 is 9.59 Å². The zero-order valence-corrected chi connectivity index (χ0v) is 18.5. The van der Waals surface area contributed by atoms with E-state index in [0.29, 0.717) is 49.7 Å². The molecule has 1 saturated heterocycles. The van der Waals surface area contributed by atoms with E-state index >= 15 is 0 Å². The van der Waals surface area contributed by atoms with Gasteiger partial charge in [-0.25, -0.2) is 9.97 Å². The van der Waals surface area contributed by atoms with Gasteiger partial charge in [0.1, 0.15) is 6.07 Å². The average molecular weight is 446 g/mol. The van der Waals surface area contributed by atoms with Gasteiger partial charge in [-0.15, -0.1) is 0 Å². The number of nitriles is 1. The molecule has 3 aromatic rings. The molecule has 0 radical (unpaired) electrons. The first-order chi connectivity index (χ1) is 16.0. The van der Waals surface area contributed by atoms with Gasteiger partial charge in [-0.1, -0.05) is 12.5 Å². The minimum absolute atomic E-state index is 0.188. The van der Waals surface area contributed by atoms with Crippen LogP contribution in [0.2, 0.25) is 0 Å². The van der Waals surface area contributed by atoms with Gasteiger partial charge in [0.15, 0.2) is 0 Å². The summed E-state index contributed by atoms with van der Waals surface area (Å²) >= 11 is 0. The third-order valence-corrected chi connectivity index (χ3v) is 6.03. The first-order valence-corrected chi connectivity index (χ1v) is 11.2. The number of piperazine rings is 1. The summed E-state index contributed by atoms with van der Waals surface area (Å²) in [5, 5.41) is 9.94. The number of hydrogen-bond donors (Lipinski definition) is 1. The molecule has 9 nitrogen and oxygen atoms in total. The van der Waals surface area contributed by atoms with Gasteiger partial charge in [0.2, 0.25) is 17.8 Å². The summed E-state index contributed by atoms with van der Waals surface area (Å²) in [5.74, 6) is 0.364. The quantitative estimate of drug-likeness (QED) is 0.531. The van der Waals surface area contributed by atoms with E-state index in [1.165, 1.54) is 12.4 Å². The van der Waals surface area contributed by atoms with E-state index in [1.54, 1.807) is 6.07 Å². The van der Waals surface area contributed by atoms with E-state index < -0.39 is 5.91 Å². The van der Waals surface area contributed by atoms with Crippen molar-refractivity contribution in [3.05, 3.63) is 54.0 Å². The fraction of sp³-hybridized carbons (Fsp3) is 0.375. The van der Waals surface area contributed by atoms with E-state index in [9.17, 15) is 9.59 Å². The fourth-order valence-electron chi connectivity index (χ4n) is 4.12. The molecule has 1 fully saturated rings. The maximum atomic E-state index is 12.6. The fourth-order valence-corrected chi connectivity index (χ4v) is 4.12. The van der Waals surface area contributed by atoms with Crippen molar-refractivity contribution in [3.8, 4) is 6.07 Å². The summed E-state index contributed by atoms with van der Waals surface area (Å²) in [7, 11) is 0. The molecule has 1 aromatic carbocycles. The summed E-state index contributed by atoms with van der Waals surface area (Å²) in [6, 6.07) is 9.55. The zero-order valence-electron chi connectivity index (χ0n) is 18.5. The number of rotatable bonds is 8. The Balaban J connectivity index is 1.18. The Morgan fingerprint density at radius 3 is 2.48 bits per heavy atom. The number of primary amides is 1. The lowest BCUT2D eigenvalue weighted by Gasteiger charge is -2.34. The van der Waals surface area contributed by atoms with Crippen molar-refractivity contribution in [1.82, 2.24) is 19.4 Å². The topological polar surface area (TPSA) is 121 Å². The lowest BCUT2D eigenvalue weighted by molar-refractivity contribution is -0.131. The Hall–Kier alpha value is -3.93. The molecule has 0 spiro atoms. The number of nitrogens with two attached hydrogens (primary N) is 1. The summed E-state index contributed by atoms with van der Waals surface area (Å²) in [6.07, 6.45) is 8.38. The number of benzene rings is 1. The van der Waals surface area contributed by atoms with Gasteiger partial charge in [0.05, 0.1) is 18.0 Å². The van der Waals surface area contributed by atoms with Gasteiger partial charge in [0.25, 0.3) is 0 Å². The van der Waals surface area contributed by atoms with Crippen LogP contribution in [0.3, 0.4) is 0 Å². The molecule has 2 amide bonds. The summed E-state index contributed by atoms with van der Waals surface area (Å²) < 4.78 is 2.13. The van der Waals surface area contributed by atoms with Crippen molar-refractivity contribution in [2.45, 2.75) is 32.2 Å². The van der Waals surface area contributed by atoms with Crippen LogP contribution in [0.1, 0.15) is 41.6 Å². The first kappa shape index (κ1) is 22.3. The number of fused-ring (bicyclic) bond motifs is 1. The van der Waals surface area contributed by atoms with Crippen LogP contribution < -0.4 is 10.6 Å². The molecule has 170 valence electrons. The van der Waals surface area contributed by atoms with E-state index in [1.807, 2.05) is 40.3 Å². The summed E-state index contributed by atoms with van der Waals surface area (Å²) in [4.78, 5) is 36.4. The van der Waals surface area contributed by atoms with Crippen molar-refractivity contribution in [2.75, 3.05) is 31.1 Å². The van der Waals surface area contributed by atoms with Crippen molar-refractivity contribution in [2.24, 2.45) is 5.73 Å². The Bertz CT molecular complexity index is 1170. The van der Waals surface area contributed by atoms with Gasteiger partial charge in [-0.3, -0.25) is 9.59 Å². The highest BCUT2D eigenvalue weighted by atomic mass is 16.2. The highest BCUT2D eigenvalue weighted by molar-refractivity contribution is 5.97. The van der Waals surface area contributed by atoms with Crippen LogP contribution >= 0.6 is 0 Å². The molecule has 9 heteroatoms. The van der Waals surface area contributed by atoms with Crippen LogP contribution in [-0.2, 0) is 11.3 Å². The van der Waals surface area contributed by atoms with Gasteiger partial charge < -0.3 is 20.1 Å². The van der Waals surface area contributed by atoms with E-state index in [-0.39, 0.29) is 5.91 Å². The third-order valence-electron chi connectivity index (χ3n) is 6.03. The minimum atomic E-state index is -0.423. The number of aryl methyl sites for hydroxylation is 1. The highest BCUT2D eigenvalue weighted by Gasteiger charge is 2.22. The highest BCUT2D eigenvalue weighted by Crippen LogP contribution is 2.19. The Kier molecular flexibility index (Phi) is 6.83. The van der Waals surface area contributed by atoms with Crippen LogP contribution in [0.15, 0.2) is 42.9 Å². The number of carbonyl (C=O) groups excluding carboxylic acids is 2. The van der Waals surface area contributed by atoms with Crippen LogP contribution in [0.25, 0.3) is 10.9 Å². The molecular formula is C24H27N7O2. The standard InChI is InChI=1S/C24H27N7O2/c25-15-18-16-27-24(28-17-18)31-12-10-30(11-13-31)22(32)4-2-1-3-8-29-9-7-19-5-6-20(23(26)33)14-21(19)29/h5-7,9,14,16-17H,1-4,8,10-13H2,(H2,26,33). The predicted molar refractivity (Wildman–Crippen MR) is 124 cm³/mol. The van der Waals surface area contributed by atoms with Crippen molar-refractivity contribution in [1.29, 1.82) is 5.26 Å². The second kappa shape index (κ2) is 10.1. The van der Waals surface area contributed by atoms with Crippen molar-refractivity contribution in [3.63, 3.8) is 0 Å². The predicted octanol–water partition coefficient (Wildman–Crippen LogP) is 2.31. The number of hydrogen-bond acceptors (Lipinski definition) is 6. The Morgan fingerprint density at radius 2 is 1.79 bits per heavy atom. The zero-order chi connectivity index (χ0) is 23.2. The molecule has 0 unspecified atom stereocenters. The number of amides is 2. The van der Waals surface area contributed by atoms with Gasteiger partial charge >= 0.3 is 0 Å². The third kappa shape index (κ3) is 5.29. The molecular weight excluding hydrogens is 418 g/mol. The average Bonchev–Trinajstić information content (AvgIpc) is 3.26. The number of carbonyl (C=O) groups is 2. The molecule has 2 aromatic heterocycles. The van der Waals surface area contributed by atoms with Gasteiger partial charge in [0, 0.05) is 56.4 Å². The molecule has 0 atom stereocenters. The smallest absolute Gasteiger partial charge is 0.248 e. The molecule has 33 heavy (non-hydrogen) atoms. The lowest BCUT2D eigenvalue weighted by Crippen LogP contribution is -2.49. The van der Waals surface area contributed by atoms with Gasteiger partial charge in [-0.2, -0.15) is 5.26 Å². The number of unbranched alkanes of at least 4 members (excludes halogenated alkanes) is 2. The molecule has 0 bridgehead atoms. The normalized spacial score (nSPS) is 13.8. The van der Waals surface area contributed by atoms with Crippen LogP contribution in [0.4, 0.5) is 5.95 Å². The molecule has 0 saturated carbocycles. The first-order valence-electron chi connectivity index (χ1n) is 11.2.